The molecule has 478 valence electrons. The lowest BCUT2D eigenvalue weighted by molar-refractivity contribution is -0.167. The number of allylic oxidation sites excluding steroid dienone is 10. The summed E-state index contributed by atoms with van der Waals surface area (Å²) in [5.41, 5.74) is 0. The summed E-state index contributed by atoms with van der Waals surface area (Å²) in [6, 6.07) is 0. The van der Waals surface area contributed by atoms with Crippen LogP contribution in [-0.4, -0.2) is 37.2 Å². The van der Waals surface area contributed by atoms with Crippen LogP contribution < -0.4 is 0 Å². The lowest BCUT2D eigenvalue weighted by Crippen LogP contribution is -2.30. The molecule has 0 saturated heterocycles. The van der Waals surface area contributed by atoms with E-state index >= 15 is 0 Å². The van der Waals surface area contributed by atoms with Crippen molar-refractivity contribution in [2.45, 2.75) is 393 Å². The number of esters is 3. The molecule has 1 atom stereocenters. The number of rotatable bonds is 67. The second kappa shape index (κ2) is 70.6. The molecule has 0 bridgehead atoms. The van der Waals surface area contributed by atoms with Gasteiger partial charge in [0.15, 0.2) is 6.10 Å². The van der Waals surface area contributed by atoms with Crippen LogP contribution in [0.25, 0.3) is 0 Å². The quantitative estimate of drug-likeness (QED) is 0.0261. The molecule has 0 N–H and O–H groups in total. The van der Waals surface area contributed by atoms with Crippen LogP contribution in [0.15, 0.2) is 60.8 Å². The van der Waals surface area contributed by atoms with Gasteiger partial charge in [0.25, 0.3) is 0 Å². The van der Waals surface area contributed by atoms with Gasteiger partial charge in [0.05, 0.1) is 0 Å². The highest BCUT2D eigenvalue weighted by Gasteiger charge is 2.19. The Hall–Kier alpha value is -2.89. The van der Waals surface area contributed by atoms with E-state index in [0.717, 1.165) is 83.5 Å². The molecule has 0 aromatic carbocycles. The standard InChI is InChI=1S/C76H138O6/c1-4-7-10-13-16-19-22-24-26-28-30-32-33-34-35-36-37-38-39-40-41-42-43-45-46-48-50-52-54-57-60-63-66-69-75(78)81-72-73(71-80-74(77)68-65-62-59-56-21-18-15-12-9-6-3)82-76(79)70-67-64-61-58-55-53-51-49-47-44-31-29-27-25-23-20-17-14-11-8-5-2/h12,15,22,24,28-31,33-34,73H,4-11,13-14,16-21,23,25-27,32,35-72H2,1-3H3/b15-12-,24-22-,30-28-,31-29-,34-33-. The second-order valence-corrected chi connectivity index (χ2v) is 24.5. The molecule has 0 rings (SSSR count). The Balaban J connectivity index is 4.10. The van der Waals surface area contributed by atoms with Gasteiger partial charge in [0, 0.05) is 19.3 Å². The Morgan fingerprint density at radius 3 is 0.744 bits per heavy atom. The first kappa shape index (κ1) is 79.1. The number of carbonyl (C=O) groups is 3. The summed E-state index contributed by atoms with van der Waals surface area (Å²) in [7, 11) is 0. The van der Waals surface area contributed by atoms with E-state index in [1.54, 1.807) is 0 Å². The third-order valence-corrected chi connectivity index (χ3v) is 16.2. The van der Waals surface area contributed by atoms with E-state index in [1.807, 2.05) is 0 Å². The predicted octanol–water partition coefficient (Wildman–Crippen LogP) is 25.1. The Kier molecular flexibility index (Phi) is 68.1. The molecule has 82 heavy (non-hydrogen) atoms. The van der Waals surface area contributed by atoms with Crippen LogP contribution in [0.5, 0.6) is 0 Å². The maximum Gasteiger partial charge on any atom is 0.306 e. The SMILES string of the molecule is CCC/C=C\CCCCCCCC(=O)OCC(COC(=O)CCCCCCCCCCCCCCCCCCCC/C=C\C/C=C\C/C=C\CCCCCCC)OC(=O)CCCCCCCCCCC/C=C\CCCCCCCCCC. The van der Waals surface area contributed by atoms with Crippen molar-refractivity contribution in [3.8, 4) is 0 Å². The summed E-state index contributed by atoms with van der Waals surface area (Å²) in [6.07, 6.45) is 91.3. The van der Waals surface area contributed by atoms with Gasteiger partial charge >= 0.3 is 17.9 Å². The van der Waals surface area contributed by atoms with Crippen LogP contribution in [0, 0.1) is 0 Å². The van der Waals surface area contributed by atoms with Crippen molar-refractivity contribution in [3.05, 3.63) is 60.8 Å². The Labute approximate surface area is 510 Å². The van der Waals surface area contributed by atoms with Crippen LogP contribution in [-0.2, 0) is 28.6 Å². The summed E-state index contributed by atoms with van der Waals surface area (Å²) in [5.74, 6) is -0.865. The molecule has 0 aliphatic rings. The maximum atomic E-state index is 12.9. The predicted molar refractivity (Wildman–Crippen MR) is 358 cm³/mol. The molecule has 1 unspecified atom stereocenters. The van der Waals surface area contributed by atoms with Gasteiger partial charge in [-0.3, -0.25) is 14.4 Å². The van der Waals surface area contributed by atoms with Gasteiger partial charge in [-0.1, -0.05) is 326 Å². The highest BCUT2D eigenvalue weighted by Crippen LogP contribution is 2.18. The van der Waals surface area contributed by atoms with Crippen molar-refractivity contribution in [2.75, 3.05) is 13.2 Å². The first-order valence-electron chi connectivity index (χ1n) is 36.3. The minimum Gasteiger partial charge on any atom is -0.462 e. The summed E-state index contributed by atoms with van der Waals surface area (Å²) in [5, 5.41) is 0. The molecule has 0 heterocycles. The Bertz CT molecular complexity index is 1460. The minimum atomic E-state index is -0.777. The van der Waals surface area contributed by atoms with Crippen LogP contribution in [0.1, 0.15) is 387 Å². The molecule has 0 aromatic heterocycles. The molecule has 0 spiro atoms. The molecule has 0 aliphatic carbocycles. The number of unbranched alkanes of at least 4 members (excludes halogenated alkanes) is 46. The molecule has 0 aromatic rings. The lowest BCUT2D eigenvalue weighted by Gasteiger charge is -2.18. The van der Waals surface area contributed by atoms with Crippen molar-refractivity contribution in [1.82, 2.24) is 0 Å². The van der Waals surface area contributed by atoms with Gasteiger partial charge in [-0.2, -0.15) is 0 Å². The van der Waals surface area contributed by atoms with Crippen molar-refractivity contribution < 1.29 is 28.6 Å². The molecule has 6 heteroatoms. The van der Waals surface area contributed by atoms with Gasteiger partial charge in [-0.25, -0.2) is 0 Å². The molecular weight excluding hydrogens is 1010 g/mol. The van der Waals surface area contributed by atoms with E-state index in [4.69, 9.17) is 14.2 Å². The van der Waals surface area contributed by atoms with Crippen molar-refractivity contribution >= 4 is 17.9 Å². The van der Waals surface area contributed by atoms with Crippen molar-refractivity contribution in [2.24, 2.45) is 0 Å². The normalized spacial score (nSPS) is 12.4. The average Bonchev–Trinajstić information content (AvgIpc) is 3.47. The average molecular weight is 1150 g/mol. The summed E-state index contributed by atoms with van der Waals surface area (Å²) < 4.78 is 16.9. The number of carbonyl (C=O) groups excluding carboxylic acids is 3. The fraction of sp³-hybridized carbons (Fsp3) is 0.829. The number of hydrogen-bond donors (Lipinski definition) is 0. The van der Waals surface area contributed by atoms with Crippen LogP contribution in [0.4, 0.5) is 0 Å². The van der Waals surface area contributed by atoms with E-state index in [1.165, 1.54) is 263 Å². The minimum absolute atomic E-state index is 0.0737. The van der Waals surface area contributed by atoms with Gasteiger partial charge in [0.2, 0.25) is 0 Å². The fourth-order valence-corrected chi connectivity index (χ4v) is 10.7. The van der Waals surface area contributed by atoms with E-state index in [9.17, 15) is 14.4 Å². The second-order valence-electron chi connectivity index (χ2n) is 24.5. The topological polar surface area (TPSA) is 78.9 Å². The van der Waals surface area contributed by atoms with Gasteiger partial charge in [0.1, 0.15) is 13.2 Å². The van der Waals surface area contributed by atoms with Gasteiger partial charge < -0.3 is 14.2 Å². The smallest absolute Gasteiger partial charge is 0.306 e. The van der Waals surface area contributed by atoms with Crippen LogP contribution in [0.2, 0.25) is 0 Å². The molecule has 0 aliphatic heterocycles. The van der Waals surface area contributed by atoms with E-state index < -0.39 is 6.10 Å². The summed E-state index contributed by atoms with van der Waals surface area (Å²) >= 11 is 0. The van der Waals surface area contributed by atoms with Crippen LogP contribution >= 0.6 is 0 Å². The lowest BCUT2D eigenvalue weighted by atomic mass is 10.0. The van der Waals surface area contributed by atoms with E-state index in [-0.39, 0.29) is 31.1 Å². The molecule has 0 amide bonds. The van der Waals surface area contributed by atoms with Gasteiger partial charge in [-0.15, -0.1) is 0 Å². The van der Waals surface area contributed by atoms with Crippen LogP contribution in [0.3, 0.4) is 0 Å². The zero-order valence-electron chi connectivity index (χ0n) is 55.0. The van der Waals surface area contributed by atoms with E-state index in [0.29, 0.717) is 19.3 Å². The molecular formula is C76H138O6. The Morgan fingerprint density at radius 1 is 0.244 bits per heavy atom. The molecule has 6 nitrogen and oxygen atoms in total. The van der Waals surface area contributed by atoms with Crippen molar-refractivity contribution in [1.29, 1.82) is 0 Å². The Morgan fingerprint density at radius 2 is 0.463 bits per heavy atom. The maximum absolute atomic E-state index is 12.9. The summed E-state index contributed by atoms with van der Waals surface area (Å²) in [4.78, 5) is 38.3. The van der Waals surface area contributed by atoms with Crippen molar-refractivity contribution in [3.63, 3.8) is 0 Å². The monoisotopic (exact) mass is 1150 g/mol. The number of ether oxygens (including phenoxy) is 3. The highest BCUT2D eigenvalue weighted by atomic mass is 16.6. The van der Waals surface area contributed by atoms with Gasteiger partial charge in [-0.05, 0) is 103 Å². The largest absolute Gasteiger partial charge is 0.462 e. The third kappa shape index (κ3) is 67.9. The highest BCUT2D eigenvalue weighted by molar-refractivity contribution is 5.71. The fourth-order valence-electron chi connectivity index (χ4n) is 10.7. The third-order valence-electron chi connectivity index (χ3n) is 16.2. The first-order valence-corrected chi connectivity index (χ1v) is 36.3. The zero-order chi connectivity index (χ0) is 59.2. The summed E-state index contributed by atoms with van der Waals surface area (Å²) in [6.45, 7) is 6.61. The molecule has 0 radical (unpaired) electrons. The zero-order valence-corrected chi connectivity index (χ0v) is 55.0. The first-order chi connectivity index (χ1) is 40.5. The number of hydrogen-bond acceptors (Lipinski definition) is 6. The van der Waals surface area contributed by atoms with E-state index in [2.05, 4.69) is 81.5 Å². The molecule has 0 saturated carbocycles. The molecule has 0 fully saturated rings.